The molecule has 1 fully saturated rings. The highest BCUT2D eigenvalue weighted by Crippen LogP contribution is 2.38. The van der Waals surface area contributed by atoms with Crippen molar-refractivity contribution in [3.63, 3.8) is 0 Å². The van der Waals surface area contributed by atoms with Gasteiger partial charge in [-0.15, -0.1) is 0 Å². The van der Waals surface area contributed by atoms with Crippen LogP contribution in [-0.4, -0.2) is 22.9 Å². The summed E-state index contributed by atoms with van der Waals surface area (Å²) in [4.78, 5) is 33.3. The Morgan fingerprint density at radius 2 is 2.05 bits per heavy atom. The van der Waals surface area contributed by atoms with Gasteiger partial charge in [0.2, 0.25) is 11.8 Å². The molecule has 0 aliphatic heterocycles. The minimum Gasteiger partial charge on any atom is -0.481 e. The summed E-state index contributed by atoms with van der Waals surface area (Å²) in [6.45, 7) is 0.253. The maximum Gasteiger partial charge on any atom is 0.307 e. The highest BCUT2D eigenvalue weighted by atomic mass is 16.4. The van der Waals surface area contributed by atoms with Crippen molar-refractivity contribution in [1.29, 1.82) is 0 Å². The highest BCUT2D eigenvalue weighted by molar-refractivity contribution is 5.93. The summed E-state index contributed by atoms with van der Waals surface area (Å²) < 4.78 is 0. The molecule has 1 saturated carbocycles. The predicted octanol–water partition coefficient (Wildman–Crippen LogP) is 0.122. The van der Waals surface area contributed by atoms with Gasteiger partial charge in [0.1, 0.15) is 0 Å². The van der Waals surface area contributed by atoms with Crippen LogP contribution in [0, 0.1) is 11.8 Å². The van der Waals surface area contributed by atoms with Crippen molar-refractivity contribution in [2.75, 3.05) is 0 Å². The Morgan fingerprint density at radius 1 is 1.32 bits per heavy atom. The summed E-state index contributed by atoms with van der Waals surface area (Å²) in [6.07, 6.45) is 0.391. The van der Waals surface area contributed by atoms with Gasteiger partial charge in [-0.3, -0.25) is 14.4 Å². The number of amides is 2. The van der Waals surface area contributed by atoms with Gasteiger partial charge in [-0.25, -0.2) is 0 Å². The number of carbonyl (C=O) groups is 3. The molecule has 1 aliphatic rings. The summed E-state index contributed by atoms with van der Waals surface area (Å²) in [6, 6.07) is 6.63. The molecule has 2 rings (SSSR count). The quantitative estimate of drug-likeness (QED) is 0.700. The summed E-state index contributed by atoms with van der Waals surface area (Å²) in [5.41, 5.74) is 6.28. The van der Waals surface area contributed by atoms with Crippen molar-refractivity contribution in [2.24, 2.45) is 17.6 Å². The van der Waals surface area contributed by atoms with Crippen LogP contribution in [0.1, 0.15) is 22.3 Å². The molecule has 0 spiro atoms. The number of hydrogen-bond acceptors (Lipinski definition) is 3. The zero-order valence-electron chi connectivity index (χ0n) is 10.1. The standard InChI is InChI=1S/C13H14N2O4/c14-11(16)8-3-1-2-7(4-8)6-15-12(17)9-5-10(9)13(18)19/h1-4,9-10H,5-6H2,(H2,14,16)(H,15,17)(H,18,19)/t9-,10+/m0/s1. The maximum absolute atomic E-state index is 11.6. The van der Waals surface area contributed by atoms with Crippen LogP contribution in [0.2, 0.25) is 0 Å². The molecule has 100 valence electrons. The molecule has 0 bridgehead atoms. The van der Waals surface area contributed by atoms with Crippen molar-refractivity contribution in [2.45, 2.75) is 13.0 Å². The smallest absolute Gasteiger partial charge is 0.307 e. The molecule has 0 saturated heterocycles. The van der Waals surface area contributed by atoms with Gasteiger partial charge in [-0.2, -0.15) is 0 Å². The number of aliphatic carboxylic acids is 1. The predicted molar refractivity (Wildman–Crippen MR) is 66.0 cm³/mol. The topological polar surface area (TPSA) is 109 Å². The second kappa shape index (κ2) is 5.09. The van der Waals surface area contributed by atoms with Crippen LogP contribution >= 0.6 is 0 Å². The van der Waals surface area contributed by atoms with Crippen LogP contribution in [0.15, 0.2) is 24.3 Å². The average Bonchev–Trinajstić information content (AvgIpc) is 3.16. The fraction of sp³-hybridized carbons (Fsp3) is 0.308. The number of nitrogens with two attached hydrogens (primary N) is 1. The molecule has 2 amide bonds. The fourth-order valence-electron chi connectivity index (χ4n) is 1.91. The molecule has 2 atom stereocenters. The van der Waals surface area contributed by atoms with E-state index in [4.69, 9.17) is 10.8 Å². The first-order chi connectivity index (χ1) is 8.99. The van der Waals surface area contributed by atoms with E-state index in [2.05, 4.69) is 5.32 Å². The van der Waals surface area contributed by atoms with E-state index in [1.54, 1.807) is 24.3 Å². The van der Waals surface area contributed by atoms with Crippen molar-refractivity contribution in [3.8, 4) is 0 Å². The van der Waals surface area contributed by atoms with Crippen LogP contribution < -0.4 is 11.1 Å². The van der Waals surface area contributed by atoms with Gasteiger partial charge in [0, 0.05) is 12.1 Å². The van der Waals surface area contributed by atoms with Gasteiger partial charge >= 0.3 is 5.97 Å². The van der Waals surface area contributed by atoms with Gasteiger partial charge in [0.15, 0.2) is 0 Å². The number of rotatable bonds is 5. The van der Waals surface area contributed by atoms with E-state index in [-0.39, 0.29) is 12.5 Å². The third-order valence-electron chi connectivity index (χ3n) is 3.12. The van der Waals surface area contributed by atoms with Gasteiger partial charge < -0.3 is 16.2 Å². The Kier molecular flexibility index (Phi) is 3.50. The third-order valence-corrected chi connectivity index (χ3v) is 3.12. The molecule has 1 aromatic carbocycles. The van der Waals surface area contributed by atoms with E-state index in [0.29, 0.717) is 12.0 Å². The normalized spacial score (nSPS) is 20.6. The second-order valence-corrected chi connectivity index (χ2v) is 4.57. The van der Waals surface area contributed by atoms with E-state index >= 15 is 0 Å². The van der Waals surface area contributed by atoms with Gasteiger partial charge in [0.25, 0.3) is 0 Å². The number of carboxylic acid groups (broad SMARTS) is 1. The number of carboxylic acids is 1. The lowest BCUT2D eigenvalue weighted by molar-refractivity contribution is -0.140. The molecule has 0 aromatic heterocycles. The van der Waals surface area contributed by atoms with Crippen molar-refractivity contribution < 1.29 is 19.5 Å². The molecule has 1 aliphatic carbocycles. The van der Waals surface area contributed by atoms with Crippen LogP contribution in [0.4, 0.5) is 0 Å². The molecule has 1 aromatic rings. The Morgan fingerprint density at radius 3 is 2.63 bits per heavy atom. The van der Waals surface area contributed by atoms with Gasteiger partial charge in [0.05, 0.1) is 11.8 Å². The Labute approximate surface area is 109 Å². The lowest BCUT2D eigenvalue weighted by Gasteiger charge is -2.05. The van der Waals surface area contributed by atoms with E-state index in [1.807, 2.05) is 0 Å². The lowest BCUT2D eigenvalue weighted by atomic mass is 10.1. The molecule has 0 heterocycles. The second-order valence-electron chi connectivity index (χ2n) is 4.57. The van der Waals surface area contributed by atoms with Crippen LogP contribution in [-0.2, 0) is 16.1 Å². The SMILES string of the molecule is NC(=O)c1cccc(CNC(=O)[C@H]2C[C@H]2C(=O)O)c1. The maximum atomic E-state index is 11.6. The van der Waals surface area contributed by atoms with Gasteiger partial charge in [-0.1, -0.05) is 12.1 Å². The number of carbonyl (C=O) groups excluding carboxylic acids is 2. The molecule has 0 radical (unpaired) electrons. The van der Waals surface area contributed by atoms with Crippen molar-refractivity contribution in [3.05, 3.63) is 35.4 Å². The first-order valence-corrected chi connectivity index (χ1v) is 5.88. The van der Waals surface area contributed by atoms with E-state index < -0.39 is 23.7 Å². The van der Waals surface area contributed by atoms with Crippen LogP contribution in [0.3, 0.4) is 0 Å². The number of primary amides is 1. The molecule has 19 heavy (non-hydrogen) atoms. The minimum atomic E-state index is -0.934. The highest BCUT2D eigenvalue weighted by Gasteiger charge is 2.48. The molecule has 6 heteroatoms. The van der Waals surface area contributed by atoms with Crippen LogP contribution in [0.5, 0.6) is 0 Å². The Bertz CT molecular complexity index is 541. The number of benzene rings is 1. The number of hydrogen-bond donors (Lipinski definition) is 3. The molecule has 4 N–H and O–H groups in total. The summed E-state index contributed by atoms with van der Waals surface area (Å²) in [7, 11) is 0. The minimum absolute atomic E-state index is 0.253. The Hall–Kier alpha value is -2.37. The lowest BCUT2D eigenvalue weighted by Crippen LogP contribution is -2.26. The van der Waals surface area contributed by atoms with Gasteiger partial charge in [-0.05, 0) is 24.1 Å². The Balaban J connectivity index is 1.89. The molecular formula is C13H14N2O4. The summed E-state index contributed by atoms with van der Waals surface area (Å²) in [5, 5.41) is 11.4. The fourth-order valence-corrected chi connectivity index (χ4v) is 1.91. The monoisotopic (exact) mass is 262 g/mol. The van der Waals surface area contributed by atoms with Crippen molar-refractivity contribution in [1.82, 2.24) is 5.32 Å². The van der Waals surface area contributed by atoms with E-state index in [9.17, 15) is 14.4 Å². The first-order valence-electron chi connectivity index (χ1n) is 5.88. The molecule has 0 unspecified atom stereocenters. The molecular weight excluding hydrogens is 248 g/mol. The summed E-state index contributed by atoms with van der Waals surface area (Å²) in [5.74, 6) is -2.72. The summed E-state index contributed by atoms with van der Waals surface area (Å²) >= 11 is 0. The third kappa shape index (κ3) is 3.09. The first kappa shape index (κ1) is 13.1. The largest absolute Gasteiger partial charge is 0.481 e. The molecule has 6 nitrogen and oxygen atoms in total. The number of nitrogens with one attached hydrogen (secondary N) is 1. The van der Waals surface area contributed by atoms with E-state index in [1.165, 1.54) is 0 Å². The average molecular weight is 262 g/mol. The van der Waals surface area contributed by atoms with Crippen LogP contribution in [0.25, 0.3) is 0 Å². The van der Waals surface area contributed by atoms with E-state index in [0.717, 1.165) is 5.56 Å². The zero-order valence-corrected chi connectivity index (χ0v) is 10.1. The van der Waals surface area contributed by atoms with Crippen molar-refractivity contribution >= 4 is 17.8 Å². The zero-order chi connectivity index (χ0) is 14.0.